The normalized spacial score (nSPS) is 11.1. The molecule has 0 saturated carbocycles. The molecule has 0 aliphatic rings. The Kier molecular flexibility index (Phi) is 4.02. The lowest BCUT2D eigenvalue weighted by Gasteiger charge is -2.05. The van der Waals surface area contributed by atoms with E-state index in [9.17, 15) is 17.6 Å². The van der Waals surface area contributed by atoms with Crippen molar-refractivity contribution >= 4 is 11.9 Å². The van der Waals surface area contributed by atoms with Gasteiger partial charge >= 0.3 is 0 Å². The van der Waals surface area contributed by atoms with Gasteiger partial charge in [-0.25, -0.2) is 17.6 Å². The maximum Gasteiger partial charge on any atom is 0.186 e. The van der Waals surface area contributed by atoms with E-state index in [1.807, 2.05) is 24.5 Å². The van der Waals surface area contributed by atoms with Crippen LogP contribution in [0, 0.1) is 30.2 Å². The topological polar surface area (TPSA) is 24.4 Å². The van der Waals surface area contributed by atoms with Gasteiger partial charge in [-0.1, -0.05) is 24.3 Å². The summed E-state index contributed by atoms with van der Waals surface area (Å²) in [6.07, 6.45) is 1.30. The van der Waals surface area contributed by atoms with E-state index in [-0.39, 0.29) is 6.07 Å². The van der Waals surface area contributed by atoms with Gasteiger partial charge in [0.25, 0.3) is 0 Å². The molecule has 104 valence electrons. The summed E-state index contributed by atoms with van der Waals surface area (Å²) in [5, 5.41) is 3.59. The molecule has 2 aromatic rings. The Balaban J connectivity index is 2.26. The lowest BCUT2D eigenvalue weighted by Crippen LogP contribution is -2.03. The van der Waals surface area contributed by atoms with Crippen molar-refractivity contribution in [2.75, 3.05) is 5.43 Å². The molecule has 0 aliphatic heterocycles. The number of benzene rings is 2. The van der Waals surface area contributed by atoms with Crippen LogP contribution in [0.3, 0.4) is 0 Å². The van der Waals surface area contributed by atoms with E-state index in [0.717, 1.165) is 5.56 Å². The van der Waals surface area contributed by atoms with Crippen molar-refractivity contribution in [3.63, 3.8) is 0 Å². The third kappa shape index (κ3) is 2.79. The molecular weight excluding hydrogens is 272 g/mol. The second kappa shape index (κ2) is 5.73. The fourth-order valence-electron chi connectivity index (χ4n) is 1.57. The fraction of sp³-hybridized carbons (Fsp3) is 0.0714. The highest BCUT2D eigenvalue weighted by Crippen LogP contribution is 2.24. The number of rotatable bonds is 3. The third-order valence-electron chi connectivity index (χ3n) is 2.68. The highest BCUT2D eigenvalue weighted by atomic mass is 19.2. The summed E-state index contributed by atoms with van der Waals surface area (Å²) in [5.41, 5.74) is 2.61. The Hall–Kier alpha value is -2.37. The van der Waals surface area contributed by atoms with Crippen LogP contribution in [0.15, 0.2) is 35.4 Å². The first-order valence-corrected chi connectivity index (χ1v) is 5.68. The van der Waals surface area contributed by atoms with Crippen molar-refractivity contribution < 1.29 is 17.6 Å². The number of halogens is 4. The third-order valence-corrected chi connectivity index (χ3v) is 2.68. The minimum atomic E-state index is -1.52. The largest absolute Gasteiger partial charge is 0.272 e. The molecule has 20 heavy (non-hydrogen) atoms. The number of hydrogen-bond acceptors (Lipinski definition) is 2. The first kappa shape index (κ1) is 14.0. The monoisotopic (exact) mass is 282 g/mol. The Morgan fingerprint density at radius 2 is 1.60 bits per heavy atom. The quantitative estimate of drug-likeness (QED) is 0.391. The number of hydrazone groups is 1. The van der Waals surface area contributed by atoms with Crippen molar-refractivity contribution in [1.29, 1.82) is 0 Å². The Morgan fingerprint density at radius 1 is 1.00 bits per heavy atom. The molecule has 1 N–H and O–H groups in total. The van der Waals surface area contributed by atoms with Crippen LogP contribution in [0.25, 0.3) is 0 Å². The molecule has 0 amide bonds. The second-order valence-electron chi connectivity index (χ2n) is 4.07. The van der Waals surface area contributed by atoms with Gasteiger partial charge in [0.2, 0.25) is 0 Å². The Morgan fingerprint density at radius 3 is 2.20 bits per heavy atom. The van der Waals surface area contributed by atoms with E-state index < -0.39 is 29.0 Å². The summed E-state index contributed by atoms with van der Waals surface area (Å²) in [4.78, 5) is 0. The van der Waals surface area contributed by atoms with E-state index in [1.165, 1.54) is 6.21 Å². The second-order valence-corrected chi connectivity index (χ2v) is 4.07. The molecule has 0 saturated heterocycles. The van der Waals surface area contributed by atoms with Crippen molar-refractivity contribution in [2.24, 2.45) is 5.10 Å². The van der Waals surface area contributed by atoms with Crippen molar-refractivity contribution in [2.45, 2.75) is 6.92 Å². The summed E-state index contributed by atoms with van der Waals surface area (Å²) in [5.74, 6) is -6.02. The number of anilines is 1. The zero-order valence-electron chi connectivity index (χ0n) is 10.4. The molecule has 0 aromatic heterocycles. The molecule has 6 heteroatoms. The SMILES string of the molecule is Cc1ccccc1C=NNc1c(F)c(F)cc(F)c1F. The van der Waals surface area contributed by atoms with Crippen LogP contribution >= 0.6 is 0 Å². The van der Waals surface area contributed by atoms with Crippen molar-refractivity contribution in [3.05, 3.63) is 64.7 Å². The number of aryl methyl sites for hydroxylation is 1. The zero-order chi connectivity index (χ0) is 14.7. The first-order chi connectivity index (χ1) is 9.50. The predicted octanol–water partition coefficient (Wildman–Crippen LogP) is 4.00. The van der Waals surface area contributed by atoms with Crippen molar-refractivity contribution in [3.8, 4) is 0 Å². The van der Waals surface area contributed by atoms with E-state index in [0.29, 0.717) is 5.56 Å². The van der Waals surface area contributed by atoms with Gasteiger partial charge in [0.15, 0.2) is 23.3 Å². The van der Waals surface area contributed by atoms with E-state index in [1.54, 1.807) is 12.1 Å². The molecule has 0 radical (unpaired) electrons. The van der Waals surface area contributed by atoms with Crippen LogP contribution in [0.5, 0.6) is 0 Å². The summed E-state index contributed by atoms with van der Waals surface area (Å²) < 4.78 is 52.6. The fourth-order valence-corrected chi connectivity index (χ4v) is 1.57. The molecule has 0 bridgehead atoms. The summed E-state index contributed by atoms with van der Waals surface area (Å²) in [7, 11) is 0. The highest BCUT2D eigenvalue weighted by molar-refractivity contribution is 5.82. The predicted molar refractivity (Wildman–Crippen MR) is 68.7 cm³/mol. The van der Waals surface area contributed by atoms with Gasteiger partial charge in [-0.05, 0) is 18.1 Å². The van der Waals surface area contributed by atoms with Crippen LogP contribution in [-0.2, 0) is 0 Å². The molecule has 2 aromatic carbocycles. The molecule has 0 aliphatic carbocycles. The van der Waals surface area contributed by atoms with E-state index >= 15 is 0 Å². The molecule has 0 fully saturated rings. The van der Waals surface area contributed by atoms with Crippen LogP contribution in [0.1, 0.15) is 11.1 Å². The van der Waals surface area contributed by atoms with Crippen LogP contribution < -0.4 is 5.43 Å². The zero-order valence-corrected chi connectivity index (χ0v) is 10.4. The van der Waals surface area contributed by atoms with Crippen LogP contribution in [0.2, 0.25) is 0 Å². The van der Waals surface area contributed by atoms with Gasteiger partial charge in [-0.3, -0.25) is 5.43 Å². The van der Waals surface area contributed by atoms with Gasteiger partial charge in [0.1, 0.15) is 5.69 Å². The highest BCUT2D eigenvalue weighted by Gasteiger charge is 2.18. The van der Waals surface area contributed by atoms with Gasteiger partial charge in [0, 0.05) is 6.07 Å². The maximum absolute atomic E-state index is 13.3. The maximum atomic E-state index is 13.3. The lowest BCUT2D eigenvalue weighted by molar-refractivity contribution is 0.458. The first-order valence-electron chi connectivity index (χ1n) is 5.68. The molecule has 0 spiro atoms. The standard InChI is InChI=1S/C14H10F4N2/c1-8-4-2-3-5-9(8)7-19-20-14-12(17)10(15)6-11(16)13(14)18/h2-7,20H,1H3. The number of nitrogens with one attached hydrogen (secondary N) is 1. The molecule has 2 rings (SSSR count). The number of nitrogens with zero attached hydrogens (tertiary/aromatic N) is 1. The van der Waals surface area contributed by atoms with Gasteiger partial charge < -0.3 is 0 Å². The van der Waals surface area contributed by atoms with Crippen LogP contribution in [-0.4, -0.2) is 6.21 Å². The van der Waals surface area contributed by atoms with Crippen molar-refractivity contribution in [1.82, 2.24) is 0 Å². The Bertz CT molecular complexity index is 642. The molecule has 0 unspecified atom stereocenters. The molecule has 0 heterocycles. The minimum absolute atomic E-state index is 0.140. The van der Waals surface area contributed by atoms with E-state index in [2.05, 4.69) is 5.10 Å². The summed E-state index contributed by atoms with van der Waals surface area (Å²) >= 11 is 0. The molecular formula is C14H10F4N2. The molecule has 0 atom stereocenters. The Labute approximate surface area is 112 Å². The number of hydrogen-bond donors (Lipinski definition) is 1. The van der Waals surface area contributed by atoms with E-state index in [4.69, 9.17) is 0 Å². The average molecular weight is 282 g/mol. The molecule has 2 nitrogen and oxygen atoms in total. The minimum Gasteiger partial charge on any atom is -0.272 e. The summed E-state index contributed by atoms with van der Waals surface area (Å²) in [6.45, 7) is 1.82. The van der Waals surface area contributed by atoms with Gasteiger partial charge in [-0.15, -0.1) is 0 Å². The lowest BCUT2D eigenvalue weighted by atomic mass is 10.1. The van der Waals surface area contributed by atoms with Crippen LogP contribution in [0.4, 0.5) is 23.2 Å². The summed E-state index contributed by atoms with van der Waals surface area (Å²) in [6, 6.07) is 7.28. The van der Waals surface area contributed by atoms with Gasteiger partial charge in [0.05, 0.1) is 6.21 Å². The smallest absolute Gasteiger partial charge is 0.186 e. The van der Waals surface area contributed by atoms with Gasteiger partial charge in [-0.2, -0.15) is 5.10 Å². The average Bonchev–Trinajstić information content (AvgIpc) is 2.42.